The first-order valence-corrected chi connectivity index (χ1v) is 10.4. The smallest absolute Gasteiger partial charge is 0.159 e. The molecule has 0 fully saturated rings. The van der Waals surface area contributed by atoms with Gasteiger partial charge in [0, 0.05) is 33.3 Å². The predicted molar refractivity (Wildman–Crippen MR) is 121 cm³/mol. The van der Waals surface area contributed by atoms with E-state index in [1.165, 1.54) is 17.1 Å². The van der Waals surface area contributed by atoms with Crippen molar-refractivity contribution >= 4 is 38.9 Å². The molecule has 0 bridgehead atoms. The SMILES string of the molecule is N#Cc1cn2c3ccc(-c4ccccc4)cc3c3c(-c4ccsn4)cccc3c2n1. The Morgan fingerprint density at radius 1 is 0.867 bits per heavy atom. The number of benzene rings is 3. The van der Waals surface area contributed by atoms with Crippen LogP contribution in [0.3, 0.4) is 0 Å². The van der Waals surface area contributed by atoms with Crippen LogP contribution in [-0.4, -0.2) is 13.8 Å². The van der Waals surface area contributed by atoms with E-state index in [-0.39, 0.29) is 0 Å². The van der Waals surface area contributed by atoms with Crippen molar-refractivity contribution in [3.63, 3.8) is 0 Å². The minimum atomic E-state index is 0.412. The molecule has 0 aliphatic rings. The van der Waals surface area contributed by atoms with E-state index in [0.717, 1.165) is 44.1 Å². The second-order valence-electron chi connectivity index (χ2n) is 7.14. The molecule has 0 radical (unpaired) electrons. The Morgan fingerprint density at radius 2 is 1.77 bits per heavy atom. The first-order chi connectivity index (χ1) is 14.8. The van der Waals surface area contributed by atoms with Crippen molar-refractivity contribution < 1.29 is 0 Å². The van der Waals surface area contributed by atoms with Crippen molar-refractivity contribution in [2.45, 2.75) is 0 Å². The third-order valence-corrected chi connectivity index (χ3v) is 6.03. The quantitative estimate of drug-likeness (QED) is 0.319. The van der Waals surface area contributed by atoms with Gasteiger partial charge in [0.25, 0.3) is 0 Å². The number of fused-ring (bicyclic) bond motifs is 6. The molecule has 5 heteroatoms. The Labute approximate surface area is 176 Å². The van der Waals surface area contributed by atoms with Gasteiger partial charge in [-0.2, -0.15) is 9.64 Å². The van der Waals surface area contributed by atoms with Gasteiger partial charge in [-0.05, 0) is 40.9 Å². The monoisotopic (exact) mass is 402 g/mol. The van der Waals surface area contributed by atoms with Gasteiger partial charge in [0.15, 0.2) is 5.69 Å². The minimum absolute atomic E-state index is 0.412. The van der Waals surface area contributed by atoms with Gasteiger partial charge in [-0.1, -0.05) is 54.6 Å². The zero-order chi connectivity index (χ0) is 20.1. The van der Waals surface area contributed by atoms with E-state index in [1.807, 2.05) is 34.2 Å². The number of hydrogen-bond acceptors (Lipinski definition) is 4. The van der Waals surface area contributed by atoms with E-state index in [2.05, 4.69) is 70.0 Å². The van der Waals surface area contributed by atoms with Crippen LogP contribution in [0.25, 0.3) is 49.7 Å². The van der Waals surface area contributed by atoms with Gasteiger partial charge in [-0.3, -0.25) is 4.40 Å². The summed E-state index contributed by atoms with van der Waals surface area (Å²) in [5, 5.41) is 14.7. The Balaban J connectivity index is 1.82. The topological polar surface area (TPSA) is 54.0 Å². The molecule has 6 aromatic rings. The summed E-state index contributed by atoms with van der Waals surface area (Å²) in [6.07, 6.45) is 1.81. The average Bonchev–Trinajstić information content (AvgIpc) is 3.49. The molecular weight excluding hydrogens is 388 g/mol. The van der Waals surface area contributed by atoms with Crippen molar-refractivity contribution in [3.05, 3.63) is 90.1 Å². The number of pyridine rings is 1. The fourth-order valence-electron chi connectivity index (χ4n) is 4.16. The molecule has 3 aromatic carbocycles. The van der Waals surface area contributed by atoms with E-state index in [4.69, 9.17) is 0 Å². The lowest BCUT2D eigenvalue weighted by Crippen LogP contribution is -1.93. The fourth-order valence-corrected chi connectivity index (χ4v) is 4.68. The summed E-state index contributed by atoms with van der Waals surface area (Å²) in [6.45, 7) is 0. The van der Waals surface area contributed by atoms with Gasteiger partial charge in [0.2, 0.25) is 0 Å². The van der Waals surface area contributed by atoms with Gasteiger partial charge in [-0.25, -0.2) is 4.98 Å². The second kappa shape index (κ2) is 6.51. The average molecular weight is 402 g/mol. The van der Waals surface area contributed by atoms with E-state index < -0.39 is 0 Å². The third kappa shape index (κ3) is 2.45. The second-order valence-corrected chi connectivity index (χ2v) is 7.81. The van der Waals surface area contributed by atoms with Crippen LogP contribution < -0.4 is 0 Å². The number of nitrogens with zero attached hydrogens (tertiary/aromatic N) is 4. The van der Waals surface area contributed by atoms with E-state index in [9.17, 15) is 5.26 Å². The fraction of sp³-hybridized carbons (Fsp3) is 0. The summed E-state index contributed by atoms with van der Waals surface area (Å²) < 4.78 is 6.61. The molecule has 0 amide bonds. The van der Waals surface area contributed by atoms with Crippen molar-refractivity contribution in [2.24, 2.45) is 0 Å². The lowest BCUT2D eigenvalue weighted by atomic mass is 9.96. The number of aromatic nitrogens is 3. The van der Waals surface area contributed by atoms with E-state index in [0.29, 0.717) is 5.69 Å². The molecule has 0 aliphatic heterocycles. The highest BCUT2D eigenvalue weighted by Gasteiger charge is 2.16. The Kier molecular flexibility index (Phi) is 3.67. The molecule has 30 heavy (non-hydrogen) atoms. The molecule has 0 saturated carbocycles. The Bertz CT molecular complexity index is 1590. The Morgan fingerprint density at radius 3 is 2.57 bits per heavy atom. The maximum absolute atomic E-state index is 9.45. The maximum atomic E-state index is 9.45. The van der Waals surface area contributed by atoms with Gasteiger partial charge in [0.05, 0.1) is 11.2 Å². The summed E-state index contributed by atoms with van der Waals surface area (Å²) in [5.41, 5.74) is 6.57. The van der Waals surface area contributed by atoms with E-state index in [1.54, 1.807) is 0 Å². The highest BCUT2D eigenvalue weighted by Crippen LogP contribution is 2.38. The number of rotatable bonds is 2. The molecule has 0 saturated heterocycles. The van der Waals surface area contributed by atoms with Crippen LogP contribution in [0.1, 0.15) is 5.69 Å². The van der Waals surface area contributed by atoms with Gasteiger partial charge in [0.1, 0.15) is 11.7 Å². The van der Waals surface area contributed by atoms with Crippen molar-refractivity contribution in [2.75, 3.05) is 0 Å². The maximum Gasteiger partial charge on any atom is 0.159 e. The summed E-state index contributed by atoms with van der Waals surface area (Å²) in [6, 6.07) is 27.3. The van der Waals surface area contributed by atoms with Crippen LogP contribution in [-0.2, 0) is 0 Å². The van der Waals surface area contributed by atoms with E-state index >= 15 is 0 Å². The van der Waals surface area contributed by atoms with Crippen LogP contribution in [0.4, 0.5) is 0 Å². The third-order valence-electron chi connectivity index (χ3n) is 5.47. The molecule has 0 N–H and O–H groups in total. The number of nitriles is 1. The molecule has 0 spiro atoms. The highest BCUT2D eigenvalue weighted by molar-refractivity contribution is 7.03. The number of hydrogen-bond donors (Lipinski definition) is 0. The molecule has 3 aromatic heterocycles. The van der Waals surface area contributed by atoms with Crippen molar-refractivity contribution in [1.82, 2.24) is 13.8 Å². The molecule has 0 unspecified atom stereocenters. The lowest BCUT2D eigenvalue weighted by molar-refractivity contribution is 1.27. The number of imidazole rings is 1. The first kappa shape index (κ1) is 16.9. The summed E-state index contributed by atoms with van der Waals surface area (Å²) in [5.74, 6) is 0. The summed E-state index contributed by atoms with van der Waals surface area (Å²) in [4.78, 5) is 4.60. The van der Waals surface area contributed by atoms with Crippen LogP contribution in [0.15, 0.2) is 84.4 Å². The lowest BCUT2D eigenvalue weighted by Gasteiger charge is -2.13. The predicted octanol–water partition coefficient (Wildman–Crippen LogP) is 6.30. The van der Waals surface area contributed by atoms with Crippen molar-refractivity contribution in [1.29, 1.82) is 5.26 Å². The standard InChI is InChI=1S/C25H14N4S/c26-14-18-15-29-23-10-9-17(16-5-2-1-3-6-16)13-21(23)24-19(22-11-12-30-28-22)7-4-8-20(24)25(29)27-18/h1-13,15H. The van der Waals surface area contributed by atoms with Crippen LogP contribution >= 0.6 is 11.5 Å². The first-order valence-electron chi connectivity index (χ1n) is 9.57. The van der Waals surface area contributed by atoms with Crippen LogP contribution in [0.2, 0.25) is 0 Å². The summed E-state index contributed by atoms with van der Waals surface area (Å²) in [7, 11) is 0. The van der Waals surface area contributed by atoms with Crippen LogP contribution in [0.5, 0.6) is 0 Å². The molecular formula is C25H14N4S. The largest absolute Gasteiger partial charge is 0.298 e. The van der Waals surface area contributed by atoms with Crippen LogP contribution in [0, 0.1) is 11.3 Å². The molecule has 6 rings (SSSR count). The van der Waals surface area contributed by atoms with Gasteiger partial charge in [-0.15, -0.1) is 0 Å². The molecule has 0 atom stereocenters. The Hall–Kier alpha value is -4.01. The zero-order valence-corrected chi connectivity index (χ0v) is 16.6. The molecule has 3 heterocycles. The molecule has 140 valence electrons. The minimum Gasteiger partial charge on any atom is -0.298 e. The van der Waals surface area contributed by atoms with Crippen molar-refractivity contribution in [3.8, 4) is 28.5 Å². The van der Waals surface area contributed by atoms with Gasteiger partial charge >= 0.3 is 0 Å². The van der Waals surface area contributed by atoms with Gasteiger partial charge < -0.3 is 0 Å². The molecule has 0 aliphatic carbocycles. The normalized spacial score (nSPS) is 11.3. The molecule has 4 nitrogen and oxygen atoms in total. The summed E-state index contributed by atoms with van der Waals surface area (Å²) >= 11 is 1.45. The highest BCUT2D eigenvalue weighted by atomic mass is 32.1. The zero-order valence-electron chi connectivity index (χ0n) is 15.8.